The number of rotatable bonds is 4. The number of nitrogens with zero attached hydrogens (tertiary/aromatic N) is 2. The van der Waals surface area contributed by atoms with Gasteiger partial charge in [0.2, 0.25) is 5.88 Å². The average molecular weight is 230 g/mol. The molecule has 0 atom stereocenters. The van der Waals surface area contributed by atoms with Gasteiger partial charge in [-0.25, -0.2) is 0 Å². The Morgan fingerprint density at radius 3 is 2.53 bits per heavy atom. The maximum Gasteiger partial charge on any atom is 0.233 e. The van der Waals surface area contributed by atoms with Crippen molar-refractivity contribution in [2.24, 2.45) is 0 Å². The summed E-state index contributed by atoms with van der Waals surface area (Å²) < 4.78 is 10.1. The van der Waals surface area contributed by atoms with Crippen molar-refractivity contribution in [3.63, 3.8) is 0 Å². The lowest BCUT2D eigenvalue weighted by Crippen LogP contribution is -1.97. The molecule has 0 aliphatic rings. The molecular weight excluding hydrogens is 216 g/mol. The lowest BCUT2D eigenvalue weighted by molar-refractivity contribution is 0.391. The summed E-state index contributed by atoms with van der Waals surface area (Å²) in [6.45, 7) is 0. The maximum atomic E-state index is 5.17. The zero-order chi connectivity index (χ0) is 12.1. The van der Waals surface area contributed by atoms with Crippen LogP contribution < -0.4 is 9.47 Å². The van der Waals surface area contributed by atoms with Gasteiger partial charge >= 0.3 is 0 Å². The van der Waals surface area contributed by atoms with E-state index in [-0.39, 0.29) is 0 Å². The molecule has 1 heterocycles. The monoisotopic (exact) mass is 230 g/mol. The Balaban J connectivity index is 2.13. The maximum absolute atomic E-state index is 5.17. The minimum atomic E-state index is 0.527. The Morgan fingerprint density at radius 1 is 1.00 bits per heavy atom. The van der Waals surface area contributed by atoms with Gasteiger partial charge in [-0.2, -0.15) is 5.10 Å². The summed E-state index contributed by atoms with van der Waals surface area (Å²) in [5, 5.41) is 8.02. The van der Waals surface area contributed by atoms with Crippen LogP contribution in [0.4, 0.5) is 0 Å². The zero-order valence-electron chi connectivity index (χ0n) is 9.88. The smallest absolute Gasteiger partial charge is 0.233 e. The van der Waals surface area contributed by atoms with E-state index in [0.29, 0.717) is 5.88 Å². The van der Waals surface area contributed by atoms with Crippen molar-refractivity contribution in [3.8, 4) is 11.6 Å². The van der Waals surface area contributed by atoms with Gasteiger partial charge in [0, 0.05) is 12.5 Å². The molecule has 0 radical (unpaired) electrons. The van der Waals surface area contributed by atoms with Crippen LogP contribution in [0.25, 0.3) is 0 Å². The Hall–Kier alpha value is -2.10. The molecule has 88 valence electrons. The Kier molecular flexibility index (Phi) is 3.55. The molecule has 0 fully saturated rings. The first kappa shape index (κ1) is 11.4. The minimum Gasteiger partial charge on any atom is -0.497 e. The lowest BCUT2D eigenvalue weighted by atomic mass is 10.1. The number of methoxy groups -OCH3 is 2. The van der Waals surface area contributed by atoms with Crippen molar-refractivity contribution in [2.75, 3.05) is 14.2 Å². The highest BCUT2D eigenvalue weighted by molar-refractivity contribution is 5.31. The highest BCUT2D eigenvalue weighted by Gasteiger charge is 2.01. The molecule has 2 aromatic rings. The van der Waals surface area contributed by atoms with Crippen molar-refractivity contribution in [2.45, 2.75) is 6.42 Å². The number of benzene rings is 1. The van der Waals surface area contributed by atoms with Crippen LogP contribution in [0, 0.1) is 0 Å². The van der Waals surface area contributed by atoms with E-state index in [4.69, 9.17) is 9.47 Å². The molecule has 1 aromatic carbocycles. The highest BCUT2D eigenvalue weighted by Crippen LogP contribution is 2.15. The third-order valence-electron chi connectivity index (χ3n) is 2.42. The molecule has 1 aromatic heterocycles. The van der Waals surface area contributed by atoms with Gasteiger partial charge in [0.25, 0.3) is 0 Å². The van der Waals surface area contributed by atoms with E-state index in [1.54, 1.807) is 14.2 Å². The van der Waals surface area contributed by atoms with Gasteiger partial charge in [0.15, 0.2) is 0 Å². The second-order valence-corrected chi connectivity index (χ2v) is 3.60. The van der Waals surface area contributed by atoms with Crippen molar-refractivity contribution in [1.29, 1.82) is 0 Å². The van der Waals surface area contributed by atoms with Crippen LogP contribution >= 0.6 is 0 Å². The molecule has 4 nitrogen and oxygen atoms in total. The second kappa shape index (κ2) is 5.30. The minimum absolute atomic E-state index is 0.527. The zero-order valence-corrected chi connectivity index (χ0v) is 9.88. The van der Waals surface area contributed by atoms with Crippen LogP contribution in [0.3, 0.4) is 0 Å². The van der Waals surface area contributed by atoms with Gasteiger partial charge in [-0.05, 0) is 23.8 Å². The molecular formula is C13H14N2O2. The second-order valence-electron chi connectivity index (χ2n) is 3.60. The number of ether oxygens (including phenoxy) is 2. The van der Waals surface area contributed by atoms with Gasteiger partial charge in [-0.1, -0.05) is 12.1 Å². The predicted molar refractivity (Wildman–Crippen MR) is 64.4 cm³/mol. The molecule has 0 amide bonds. The summed E-state index contributed by atoms with van der Waals surface area (Å²) in [6.07, 6.45) is 0.730. The molecule has 0 bridgehead atoms. The summed E-state index contributed by atoms with van der Waals surface area (Å²) in [6, 6.07) is 11.6. The molecule has 0 spiro atoms. The number of hydrogen-bond donors (Lipinski definition) is 0. The summed E-state index contributed by atoms with van der Waals surface area (Å²) in [5.74, 6) is 1.38. The van der Waals surface area contributed by atoms with Crippen LogP contribution in [0.15, 0.2) is 36.4 Å². The van der Waals surface area contributed by atoms with Gasteiger partial charge in [-0.3, -0.25) is 0 Å². The number of hydrogen-bond acceptors (Lipinski definition) is 4. The molecule has 0 N–H and O–H groups in total. The molecule has 4 heteroatoms. The quantitative estimate of drug-likeness (QED) is 0.806. The Bertz CT molecular complexity index is 483. The van der Waals surface area contributed by atoms with Gasteiger partial charge in [-0.15, -0.1) is 5.10 Å². The normalized spacial score (nSPS) is 10.0. The standard InChI is InChI=1S/C13H14N2O2/c1-16-12-5-3-4-10(9-12)8-11-6-7-13(17-2)15-14-11/h3-7,9H,8H2,1-2H3. The summed E-state index contributed by atoms with van der Waals surface area (Å²) in [7, 11) is 3.23. The van der Waals surface area contributed by atoms with Gasteiger partial charge in [0.1, 0.15) is 5.75 Å². The van der Waals surface area contributed by atoms with E-state index in [2.05, 4.69) is 10.2 Å². The summed E-state index contributed by atoms with van der Waals surface area (Å²) >= 11 is 0. The van der Waals surface area contributed by atoms with Crippen LogP contribution in [-0.2, 0) is 6.42 Å². The van der Waals surface area contributed by atoms with Crippen LogP contribution in [-0.4, -0.2) is 24.4 Å². The Morgan fingerprint density at radius 2 is 1.88 bits per heavy atom. The summed E-state index contributed by atoms with van der Waals surface area (Å²) in [5.41, 5.74) is 2.04. The molecule has 0 saturated heterocycles. The van der Waals surface area contributed by atoms with E-state index in [9.17, 15) is 0 Å². The third kappa shape index (κ3) is 2.93. The fourth-order valence-electron chi connectivity index (χ4n) is 1.54. The van der Waals surface area contributed by atoms with Crippen LogP contribution in [0.2, 0.25) is 0 Å². The van der Waals surface area contributed by atoms with Crippen LogP contribution in [0.1, 0.15) is 11.3 Å². The largest absolute Gasteiger partial charge is 0.497 e. The van der Waals surface area contributed by atoms with Gasteiger partial charge < -0.3 is 9.47 Å². The van der Waals surface area contributed by atoms with E-state index in [1.165, 1.54) is 0 Å². The van der Waals surface area contributed by atoms with Crippen molar-refractivity contribution in [1.82, 2.24) is 10.2 Å². The fourth-order valence-corrected chi connectivity index (χ4v) is 1.54. The average Bonchev–Trinajstić information content (AvgIpc) is 2.40. The molecule has 2 rings (SSSR count). The SMILES string of the molecule is COc1cccc(Cc2ccc(OC)nn2)c1. The molecule has 0 aliphatic carbocycles. The first-order valence-corrected chi connectivity index (χ1v) is 5.31. The first-order chi connectivity index (χ1) is 8.31. The lowest BCUT2D eigenvalue weighted by Gasteiger charge is -2.04. The molecule has 17 heavy (non-hydrogen) atoms. The van der Waals surface area contributed by atoms with E-state index in [0.717, 1.165) is 23.4 Å². The van der Waals surface area contributed by atoms with Crippen LogP contribution in [0.5, 0.6) is 11.6 Å². The number of aromatic nitrogens is 2. The molecule has 0 aliphatic heterocycles. The highest BCUT2D eigenvalue weighted by atomic mass is 16.5. The van der Waals surface area contributed by atoms with E-state index < -0.39 is 0 Å². The predicted octanol–water partition coefficient (Wildman–Crippen LogP) is 2.08. The first-order valence-electron chi connectivity index (χ1n) is 5.31. The molecule has 0 saturated carbocycles. The fraction of sp³-hybridized carbons (Fsp3) is 0.231. The molecule has 0 unspecified atom stereocenters. The topological polar surface area (TPSA) is 44.2 Å². The Labute approximate surface area is 100 Å². The van der Waals surface area contributed by atoms with E-state index >= 15 is 0 Å². The van der Waals surface area contributed by atoms with E-state index in [1.807, 2.05) is 36.4 Å². The third-order valence-corrected chi connectivity index (χ3v) is 2.42. The van der Waals surface area contributed by atoms with Crippen molar-refractivity contribution >= 4 is 0 Å². The van der Waals surface area contributed by atoms with Gasteiger partial charge in [0.05, 0.1) is 19.9 Å². The van der Waals surface area contributed by atoms with Crippen molar-refractivity contribution in [3.05, 3.63) is 47.7 Å². The van der Waals surface area contributed by atoms with Crippen molar-refractivity contribution < 1.29 is 9.47 Å². The summed E-state index contributed by atoms with van der Waals surface area (Å²) in [4.78, 5) is 0.